The molecule has 2 rings (SSSR count). The number of carboxylic acid groups (broad SMARTS) is 2. The largest absolute Gasteiger partial charge is 0.478 e. The Morgan fingerprint density at radius 3 is 2.20 bits per heavy atom. The molecule has 2 N–H and O–H groups in total. The number of carbonyl (C=O) groups is 2. The molecule has 0 aliphatic rings. The Balaban J connectivity index is 2.33. The number of benzene rings is 1. The number of hydrogen-bond acceptors (Lipinski definition) is 4. The summed E-state index contributed by atoms with van der Waals surface area (Å²) in [6.07, 6.45) is 0. The highest BCUT2D eigenvalue weighted by Gasteiger charge is 2.16. The van der Waals surface area contributed by atoms with E-state index < -0.39 is 11.9 Å². The van der Waals surface area contributed by atoms with Crippen LogP contribution in [0.15, 0.2) is 29.1 Å². The number of rotatable bonds is 4. The fourth-order valence-corrected chi connectivity index (χ4v) is 2.62. The van der Waals surface area contributed by atoms with Gasteiger partial charge in [-0.2, -0.15) is 0 Å². The molecule has 0 atom stereocenters. The molecule has 1 aromatic carbocycles. The van der Waals surface area contributed by atoms with Crippen molar-refractivity contribution in [2.45, 2.75) is 13.5 Å². The molecule has 20 heavy (non-hydrogen) atoms. The van der Waals surface area contributed by atoms with Crippen LogP contribution in [0.25, 0.3) is 0 Å². The molecule has 2 aromatic rings. The van der Waals surface area contributed by atoms with E-state index in [1.165, 1.54) is 16.7 Å². The van der Waals surface area contributed by atoms with E-state index >= 15 is 0 Å². The van der Waals surface area contributed by atoms with Gasteiger partial charge < -0.3 is 10.2 Å². The maximum Gasteiger partial charge on any atom is 0.347 e. The number of thiazole rings is 1. The van der Waals surface area contributed by atoms with Gasteiger partial charge in [0.15, 0.2) is 0 Å². The number of carboxylic acids is 2. The third-order valence-electron chi connectivity index (χ3n) is 2.88. The molecule has 0 spiro atoms. The summed E-state index contributed by atoms with van der Waals surface area (Å²) in [5.41, 5.74) is 1.29. The predicted octanol–water partition coefficient (Wildman–Crippen LogP) is 1.66. The predicted molar refractivity (Wildman–Crippen MR) is 72.8 cm³/mol. The SMILES string of the molecule is Cc1c(C(=O)O)sc(=O)n1Cc1ccc(C(=O)O)cc1. The summed E-state index contributed by atoms with van der Waals surface area (Å²) in [6.45, 7) is 1.79. The van der Waals surface area contributed by atoms with Crippen LogP contribution in [-0.2, 0) is 6.54 Å². The quantitative estimate of drug-likeness (QED) is 0.893. The second-order valence-electron chi connectivity index (χ2n) is 4.18. The van der Waals surface area contributed by atoms with E-state index in [0.29, 0.717) is 17.0 Å². The zero-order valence-electron chi connectivity index (χ0n) is 10.5. The van der Waals surface area contributed by atoms with Gasteiger partial charge >= 0.3 is 16.8 Å². The first-order valence-electron chi connectivity index (χ1n) is 5.66. The third-order valence-corrected chi connectivity index (χ3v) is 3.95. The van der Waals surface area contributed by atoms with E-state index in [-0.39, 0.29) is 21.9 Å². The first kappa shape index (κ1) is 14.0. The number of hydrogen-bond donors (Lipinski definition) is 2. The van der Waals surface area contributed by atoms with Crippen LogP contribution in [-0.4, -0.2) is 26.7 Å². The second kappa shape index (κ2) is 5.30. The van der Waals surface area contributed by atoms with E-state index in [9.17, 15) is 14.4 Å². The molecule has 1 aromatic heterocycles. The highest BCUT2D eigenvalue weighted by Crippen LogP contribution is 2.14. The lowest BCUT2D eigenvalue weighted by molar-refractivity contribution is 0.0687. The topological polar surface area (TPSA) is 96.6 Å². The van der Waals surface area contributed by atoms with Gasteiger partial charge in [-0.1, -0.05) is 23.5 Å². The molecule has 1 heterocycles. The van der Waals surface area contributed by atoms with Crippen LogP contribution in [0.4, 0.5) is 0 Å². The van der Waals surface area contributed by atoms with Crippen LogP contribution in [0.3, 0.4) is 0 Å². The summed E-state index contributed by atoms with van der Waals surface area (Å²) in [4.78, 5) is 33.1. The standard InChI is InChI=1S/C13H11NO5S/c1-7-10(12(17)18)20-13(19)14(7)6-8-2-4-9(5-3-8)11(15)16/h2-5H,6H2,1H3,(H,15,16)(H,17,18). The van der Waals surface area contributed by atoms with Crippen LogP contribution in [0, 0.1) is 6.92 Å². The zero-order valence-corrected chi connectivity index (χ0v) is 11.3. The average molecular weight is 293 g/mol. The Morgan fingerprint density at radius 1 is 1.15 bits per heavy atom. The average Bonchev–Trinajstić information content (AvgIpc) is 2.67. The number of nitrogens with zero attached hydrogens (tertiary/aromatic N) is 1. The van der Waals surface area contributed by atoms with Gasteiger partial charge in [0.2, 0.25) is 0 Å². The highest BCUT2D eigenvalue weighted by atomic mass is 32.1. The van der Waals surface area contributed by atoms with Crippen molar-refractivity contribution in [2.75, 3.05) is 0 Å². The molecular weight excluding hydrogens is 282 g/mol. The van der Waals surface area contributed by atoms with Crippen molar-refractivity contribution in [3.8, 4) is 0 Å². The number of aromatic nitrogens is 1. The molecule has 0 saturated heterocycles. The smallest absolute Gasteiger partial charge is 0.347 e. The zero-order chi connectivity index (χ0) is 14.9. The van der Waals surface area contributed by atoms with Crippen LogP contribution in [0.1, 0.15) is 31.3 Å². The van der Waals surface area contributed by atoms with Crippen molar-refractivity contribution in [1.82, 2.24) is 4.57 Å². The van der Waals surface area contributed by atoms with E-state index in [4.69, 9.17) is 10.2 Å². The minimum absolute atomic E-state index is 0.0251. The fraction of sp³-hybridized carbons (Fsp3) is 0.154. The Hall–Kier alpha value is -2.41. The van der Waals surface area contributed by atoms with Gasteiger partial charge in [-0.25, -0.2) is 9.59 Å². The minimum Gasteiger partial charge on any atom is -0.478 e. The Kier molecular flexibility index (Phi) is 3.71. The van der Waals surface area contributed by atoms with Gasteiger partial charge in [0.25, 0.3) is 0 Å². The summed E-state index contributed by atoms with van der Waals surface area (Å²) in [5.74, 6) is -2.14. The van der Waals surface area contributed by atoms with Crippen molar-refractivity contribution in [1.29, 1.82) is 0 Å². The molecule has 0 fully saturated rings. The summed E-state index contributed by atoms with van der Waals surface area (Å²) in [7, 11) is 0. The van der Waals surface area contributed by atoms with Gasteiger partial charge in [-0.3, -0.25) is 9.36 Å². The Labute approximate surface area is 117 Å². The van der Waals surface area contributed by atoms with Crippen LogP contribution in [0.5, 0.6) is 0 Å². The molecule has 0 saturated carbocycles. The molecule has 0 aliphatic carbocycles. The number of aromatic carboxylic acids is 2. The van der Waals surface area contributed by atoms with E-state index in [1.807, 2.05) is 0 Å². The summed E-state index contributed by atoms with van der Waals surface area (Å²) < 4.78 is 1.36. The van der Waals surface area contributed by atoms with Crippen LogP contribution in [0.2, 0.25) is 0 Å². The van der Waals surface area contributed by atoms with Crippen LogP contribution >= 0.6 is 11.3 Å². The summed E-state index contributed by atoms with van der Waals surface area (Å²) in [5, 5.41) is 17.8. The van der Waals surface area contributed by atoms with E-state index in [0.717, 1.165) is 5.56 Å². The molecule has 0 bridgehead atoms. The van der Waals surface area contributed by atoms with Gasteiger partial charge in [-0.15, -0.1) is 0 Å². The van der Waals surface area contributed by atoms with E-state index in [2.05, 4.69) is 0 Å². The molecule has 0 amide bonds. The lowest BCUT2D eigenvalue weighted by atomic mass is 10.1. The normalized spacial score (nSPS) is 10.4. The molecule has 104 valence electrons. The molecule has 7 heteroatoms. The van der Waals surface area contributed by atoms with Crippen molar-refractivity contribution in [2.24, 2.45) is 0 Å². The van der Waals surface area contributed by atoms with Gasteiger partial charge in [0.05, 0.1) is 12.1 Å². The first-order chi connectivity index (χ1) is 9.40. The van der Waals surface area contributed by atoms with Gasteiger partial charge in [0.1, 0.15) is 4.88 Å². The third kappa shape index (κ3) is 2.62. The Morgan fingerprint density at radius 2 is 1.75 bits per heavy atom. The molecule has 6 nitrogen and oxygen atoms in total. The molecule has 0 aliphatic heterocycles. The highest BCUT2D eigenvalue weighted by molar-refractivity contribution is 7.11. The van der Waals surface area contributed by atoms with Crippen molar-refractivity contribution < 1.29 is 19.8 Å². The van der Waals surface area contributed by atoms with Crippen molar-refractivity contribution in [3.05, 3.63) is 55.6 Å². The molecule has 0 unspecified atom stereocenters. The minimum atomic E-state index is -1.12. The monoisotopic (exact) mass is 293 g/mol. The lowest BCUT2D eigenvalue weighted by Crippen LogP contribution is -2.15. The van der Waals surface area contributed by atoms with Crippen LogP contribution < -0.4 is 4.87 Å². The van der Waals surface area contributed by atoms with E-state index in [1.54, 1.807) is 19.1 Å². The van der Waals surface area contributed by atoms with Crippen molar-refractivity contribution in [3.63, 3.8) is 0 Å². The van der Waals surface area contributed by atoms with Gasteiger partial charge in [0, 0.05) is 5.69 Å². The Bertz CT molecular complexity index is 726. The first-order valence-corrected chi connectivity index (χ1v) is 6.47. The van der Waals surface area contributed by atoms with Gasteiger partial charge in [-0.05, 0) is 24.6 Å². The molecular formula is C13H11NO5S. The lowest BCUT2D eigenvalue weighted by Gasteiger charge is -2.05. The summed E-state index contributed by atoms with van der Waals surface area (Å²) in [6, 6.07) is 6.10. The molecule has 0 radical (unpaired) electrons. The van der Waals surface area contributed by atoms with Crippen molar-refractivity contribution >= 4 is 23.3 Å². The second-order valence-corrected chi connectivity index (χ2v) is 5.14. The maximum absolute atomic E-state index is 11.8. The maximum atomic E-state index is 11.8. The summed E-state index contributed by atoms with van der Waals surface area (Å²) >= 11 is 0.690. The fourth-order valence-electron chi connectivity index (χ4n) is 1.79.